The average molecular weight is 228 g/mol. The standard InChI is InChI=1S/C14H16N2O/c17-14(16-9-2-1-3-10-16)12-5-4-6-13-11(12)7-8-15-13/h4-8,15H,1-3,9-10H2. The van der Waals surface area contributed by atoms with Crippen molar-refractivity contribution in [2.24, 2.45) is 0 Å². The van der Waals surface area contributed by atoms with Crippen molar-refractivity contribution in [3.05, 3.63) is 36.0 Å². The molecule has 0 aliphatic carbocycles. The first kappa shape index (κ1) is 10.4. The van der Waals surface area contributed by atoms with E-state index < -0.39 is 0 Å². The first-order valence-corrected chi connectivity index (χ1v) is 6.21. The first-order chi connectivity index (χ1) is 8.36. The molecule has 0 saturated carbocycles. The molecule has 1 aromatic carbocycles. The molecule has 0 unspecified atom stereocenters. The van der Waals surface area contributed by atoms with Gasteiger partial charge in [0, 0.05) is 35.8 Å². The predicted octanol–water partition coefficient (Wildman–Crippen LogP) is 2.79. The van der Waals surface area contributed by atoms with Gasteiger partial charge in [-0.3, -0.25) is 4.79 Å². The molecular weight excluding hydrogens is 212 g/mol. The summed E-state index contributed by atoms with van der Waals surface area (Å²) in [6.45, 7) is 1.80. The van der Waals surface area contributed by atoms with Crippen molar-refractivity contribution in [1.82, 2.24) is 9.88 Å². The molecule has 0 spiro atoms. The number of benzene rings is 1. The van der Waals surface area contributed by atoms with Crippen molar-refractivity contribution >= 4 is 16.8 Å². The van der Waals surface area contributed by atoms with Crippen molar-refractivity contribution in [2.75, 3.05) is 13.1 Å². The number of likely N-dealkylation sites (tertiary alicyclic amines) is 1. The lowest BCUT2D eigenvalue weighted by Crippen LogP contribution is -2.35. The maximum Gasteiger partial charge on any atom is 0.254 e. The number of rotatable bonds is 1. The molecular formula is C14H16N2O. The van der Waals surface area contributed by atoms with E-state index in [4.69, 9.17) is 0 Å². The number of hydrogen-bond donors (Lipinski definition) is 1. The molecule has 1 saturated heterocycles. The topological polar surface area (TPSA) is 36.1 Å². The summed E-state index contributed by atoms with van der Waals surface area (Å²) in [6, 6.07) is 7.85. The van der Waals surface area contributed by atoms with Gasteiger partial charge in [-0.05, 0) is 37.5 Å². The van der Waals surface area contributed by atoms with Crippen LogP contribution in [0, 0.1) is 0 Å². The first-order valence-electron chi connectivity index (χ1n) is 6.21. The van der Waals surface area contributed by atoms with Gasteiger partial charge >= 0.3 is 0 Å². The lowest BCUT2D eigenvalue weighted by molar-refractivity contribution is 0.0726. The third-order valence-corrected chi connectivity index (χ3v) is 3.47. The van der Waals surface area contributed by atoms with Gasteiger partial charge in [-0.15, -0.1) is 0 Å². The van der Waals surface area contributed by atoms with Crippen molar-refractivity contribution in [2.45, 2.75) is 19.3 Å². The Morgan fingerprint density at radius 3 is 2.76 bits per heavy atom. The summed E-state index contributed by atoms with van der Waals surface area (Å²) in [6.07, 6.45) is 5.40. The molecule has 1 aliphatic heterocycles. The second-order valence-electron chi connectivity index (χ2n) is 4.60. The molecule has 3 rings (SSSR count). The summed E-state index contributed by atoms with van der Waals surface area (Å²) in [7, 11) is 0. The Bertz CT molecular complexity index is 538. The molecule has 0 radical (unpaired) electrons. The number of carbonyl (C=O) groups is 1. The zero-order chi connectivity index (χ0) is 11.7. The number of nitrogens with one attached hydrogen (secondary N) is 1. The third-order valence-electron chi connectivity index (χ3n) is 3.47. The number of H-pyrrole nitrogens is 1. The number of aromatic amines is 1. The van der Waals surface area contributed by atoms with Crippen LogP contribution in [-0.2, 0) is 0 Å². The average Bonchev–Trinajstić information content (AvgIpc) is 2.87. The molecule has 2 heterocycles. The van der Waals surface area contributed by atoms with E-state index in [0.717, 1.165) is 42.4 Å². The van der Waals surface area contributed by atoms with Crippen LogP contribution in [0.15, 0.2) is 30.5 Å². The van der Waals surface area contributed by atoms with Crippen LogP contribution in [0.5, 0.6) is 0 Å². The smallest absolute Gasteiger partial charge is 0.254 e. The number of aromatic nitrogens is 1. The fraction of sp³-hybridized carbons (Fsp3) is 0.357. The minimum atomic E-state index is 0.176. The molecule has 3 nitrogen and oxygen atoms in total. The van der Waals surface area contributed by atoms with Crippen LogP contribution < -0.4 is 0 Å². The molecule has 0 bridgehead atoms. The van der Waals surface area contributed by atoms with Crippen LogP contribution in [0.25, 0.3) is 10.9 Å². The Hall–Kier alpha value is -1.77. The molecule has 1 amide bonds. The van der Waals surface area contributed by atoms with Gasteiger partial charge in [-0.2, -0.15) is 0 Å². The fourth-order valence-corrected chi connectivity index (χ4v) is 2.54. The van der Waals surface area contributed by atoms with E-state index in [1.807, 2.05) is 35.4 Å². The summed E-state index contributed by atoms with van der Waals surface area (Å²) < 4.78 is 0. The van der Waals surface area contributed by atoms with E-state index in [1.54, 1.807) is 0 Å². The van der Waals surface area contributed by atoms with E-state index >= 15 is 0 Å². The van der Waals surface area contributed by atoms with Crippen LogP contribution in [0.1, 0.15) is 29.6 Å². The second-order valence-corrected chi connectivity index (χ2v) is 4.60. The predicted molar refractivity (Wildman–Crippen MR) is 68.1 cm³/mol. The van der Waals surface area contributed by atoms with E-state index in [-0.39, 0.29) is 5.91 Å². The molecule has 3 heteroatoms. The van der Waals surface area contributed by atoms with Gasteiger partial charge in [-0.1, -0.05) is 6.07 Å². The van der Waals surface area contributed by atoms with Crippen LogP contribution in [0.2, 0.25) is 0 Å². The molecule has 1 fully saturated rings. The maximum atomic E-state index is 12.4. The number of amides is 1. The summed E-state index contributed by atoms with van der Waals surface area (Å²) >= 11 is 0. The number of nitrogens with zero attached hydrogens (tertiary/aromatic N) is 1. The lowest BCUT2D eigenvalue weighted by atomic mass is 10.1. The largest absolute Gasteiger partial charge is 0.361 e. The van der Waals surface area contributed by atoms with Gasteiger partial charge in [-0.25, -0.2) is 0 Å². The molecule has 1 aromatic heterocycles. The highest BCUT2D eigenvalue weighted by Crippen LogP contribution is 2.20. The van der Waals surface area contributed by atoms with Crippen molar-refractivity contribution < 1.29 is 4.79 Å². The number of fused-ring (bicyclic) bond motifs is 1. The van der Waals surface area contributed by atoms with Crippen molar-refractivity contribution in [1.29, 1.82) is 0 Å². The Morgan fingerprint density at radius 2 is 1.94 bits per heavy atom. The highest BCUT2D eigenvalue weighted by atomic mass is 16.2. The SMILES string of the molecule is O=C(c1cccc2[nH]ccc12)N1CCCCC1. The van der Waals surface area contributed by atoms with Crippen molar-refractivity contribution in [3.63, 3.8) is 0 Å². The van der Waals surface area contributed by atoms with E-state index in [1.165, 1.54) is 6.42 Å². The zero-order valence-corrected chi connectivity index (χ0v) is 9.78. The molecule has 2 aromatic rings. The summed E-state index contributed by atoms with van der Waals surface area (Å²) in [5.41, 5.74) is 1.86. The Morgan fingerprint density at radius 1 is 1.12 bits per heavy atom. The summed E-state index contributed by atoms with van der Waals surface area (Å²) in [4.78, 5) is 17.5. The molecule has 1 N–H and O–H groups in total. The molecule has 17 heavy (non-hydrogen) atoms. The Kier molecular flexibility index (Phi) is 2.59. The highest BCUT2D eigenvalue weighted by Gasteiger charge is 2.19. The van der Waals surface area contributed by atoms with Gasteiger partial charge in [0.25, 0.3) is 5.91 Å². The Balaban J connectivity index is 1.97. The van der Waals surface area contributed by atoms with Gasteiger partial charge in [0.2, 0.25) is 0 Å². The quantitative estimate of drug-likeness (QED) is 0.800. The van der Waals surface area contributed by atoms with Gasteiger partial charge in [0.05, 0.1) is 0 Å². The summed E-state index contributed by atoms with van der Waals surface area (Å²) in [5.74, 6) is 0.176. The van der Waals surface area contributed by atoms with E-state index in [2.05, 4.69) is 4.98 Å². The van der Waals surface area contributed by atoms with Gasteiger partial charge in [0.15, 0.2) is 0 Å². The van der Waals surface area contributed by atoms with Crippen LogP contribution >= 0.6 is 0 Å². The number of piperidine rings is 1. The van der Waals surface area contributed by atoms with Crippen LogP contribution in [0.4, 0.5) is 0 Å². The minimum absolute atomic E-state index is 0.176. The fourth-order valence-electron chi connectivity index (χ4n) is 2.54. The molecule has 1 aliphatic rings. The van der Waals surface area contributed by atoms with Gasteiger partial charge < -0.3 is 9.88 Å². The van der Waals surface area contributed by atoms with E-state index in [9.17, 15) is 4.79 Å². The van der Waals surface area contributed by atoms with Crippen molar-refractivity contribution in [3.8, 4) is 0 Å². The van der Waals surface area contributed by atoms with Gasteiger partial charge in [0.1, 0.15) is 0 Å². The second kappa shape index (κ2) is 4.24. The normalized spacial score (nSPS) is 16.4. The lowest BCUT2D eigenvalue weighted by Gasteiger charge is -2.26. The monoisotopic (exact) mass is 228 g/mol. The Labute approximate surface area is 100 Å². The number of hydrogen-bond acceptors (Lipinski definition) is 1. The summed E-state index contributed by atoms with van der Waals surface area (Å²) in [5, 5.41) is 1.03. The zero-order valence-electron chi connectivity index (χ0n) is 9.78. The third kappa shape index (κ3) is 1.82. The molecule has 0 atom stereocenters. The molecule has 88 valence electrons. The minimum Gasteiger partial charge on any atom is -0.361 e. The van der Waals surface area contributed by atoms with Crippen LogP contribution in [-0.4, -0.2) is 28.9 Å². The van der Waals surface area contributed by atoms with Crippen LogP contribution in [0.3, 0.4) is 0 Å². The highest BCUT2D eigenvalue weighted by molar-refractivity contribution is 6.06. The maximum absolute atomic E-state index is 12.4. The number of carbonyl (C=O) groups excluding carboxylic acids is 1. The van der Waals surface area contributed by atoms with E-state index in [0.29, 0.717) is 0 Å².